The van der Waals surface area contributed by atoms with Crippen molar-refractivity contribution in [2.75, 3.05) is 13.1 Å². The zero-order valence-electron chi connectivity index (χ0n) is 11.0. The molecule has 0 saturated heterocycles. The number of carbonyl (C=O) groups excluding carboxylic acids is 1. The van der Waals surface area contributed by atoms with Crippen LogP contribution in [0.5, 0.6) is 0 Å². The van der Waals surface area contributed by atoms with E-state index in [-0.39, 0.29) is 17.6 Å². The molecule has 98 valence electrons. The lowest BCUT2D eigenvalue weighted by Gasteiger charge is -2.26. The van der Waals surface area contributed by atoms with Gasteiger partial charge in [-0.3, -0.25) is 9.69 Å². The summed E-state index contributed by atoms with van der Waals surface area (Å²) in [5.41, 5.74) is 0.596. The Labute approximate surface area is 108 Å². The second kappa shape index (κ2) is 5.61. The Kier molecular flexibility index (Phi) is 4.12. The highest BCUT2D eigenvalue weighted by molar-refractivity contribution is 5.99. The smallest absolute Gasteiger partial charge is 0.179 e. The number of likely N-dealkylation sites (N-methyl/N-ethyl adjacent to an activating group) is 1. The first-order valence-electron chi connectivity index (χ1n) is 6.65. The Hall–Kier alpha value is -1.22. The van der Waals surface area contributed by atoms with Gasteiger partial charge in [0.15, 0.2) is 5.78 Å². The highest BCUT2D eigenvalue weighted by atomic mass is 19.1. The fraction of sp³-hybridized carbons (Fsp3) is 0.533. The molecular weight excluding hydrogens is 229 g/mol. The van der Waals surface area contributed by atoms with E-state index in [4.69, 9.17) is 0 Å². The number of carbonyl (C=O) groups is 1. The highest BCUT2D eigenvalue weighted by Crippen LogP contribution is 2.30. The molecule has 0 heterocycles. The number of ketones is 1. The van der Waals surface area contributed by atoms with E-state index in [0.717, 1.165) is 19.0 Å². The molecule has 1 unspecified atom stereocenters. The minimum Gasteiger partial charge on any atom is -0.294 e. The zero-order chi connectivity index (χ0) is 13.1. The maximum Gasteiger partial charge on any atom is 0.179 e. The summed E-state index contributed by atoms with van der Waals surface area (Å²) in [6.45, 7) is 5.91. The van der Waals surface area contributed by atoms with E-state index in [0.29, 0.717) is 5.56 Å². The SMILES string of the molecule is CCN(CC1CC1)C(C)C(=O)c1ccc(F)cc1. The summed E-state index contributed by atoms with van der Waals surface area (Å²) in [5.74, 6) is 0.551. The molecule has 1 atom stereocenters. The van der Waals surface area contributed by atoms with Crippen LogP contribution in [0.4, 0.5) is 4.39 Å². The van der Waals surface area contributed by atoms with Crippen LogP contribution >= 0.6 is 0 Å². The van der Waals surface area contributed by atoms with Crippen LogP contribution in [0.2, 0.25) is 0 Å². The van der Waals surface area contributed by atoms with Gasteiger partial charge in [0.1, 0.15) is 5.82 Å². The first-order valence-corrected chi connectivity index (χ1v) is 6.65. The van der Waals surface area contributed by atoms with Gasteiger partial charge in [0.05, 0.1) is 6.04 Å². The van der Waals surface area contributed by atoms with Gasteiger partial charge < -0.3 is 0 Å². The number of benzene rings is 1. The predicted molar refractivity (Wildman–Crippen MR) is 70.2 cm³/mol. The average Bonchev–Trinajstić information content (AvgIpc) is 3.19. The molecule has 18 heavy (non-hydrogen) atoms. The molecule has 0 N–H and O–H groups in total. The van der Waals surface area contributed by atoms with E-state index in [1.165, 1.54) is 25.0 Å². The third kappa shape index (κ3) is 3.16. The molecule has 1 aliphatic carbocycles. The van der Waals surface area contributed by atoms with Gasteiger partial charge >= 0.3 is 0 Å². The first-order chi connectivity index (χ1) is 8.61. The van der Waals surface area contributed by atoms with E-state index >= 15 is 0 Å². The lowest BCUT2D eigenvalue weighted by molar-refractivity contribution is 0.0839. The third-order valence-electron chi connectivity index (χ3n) is 3.65. The average molecular weight is 249 g/mol. The van der Waals surface area contributed by atoms with Crippen LogP contribution in [0, 0.1) is 11.7 Å². The summed E-state index contributed by atoms with van der Waals surface area (Å²) in [6.07, 6.45) is 2.57. The second-order valence-corrected chi connectivity index (χ2v) is 5.08. The standard InChI is InChI=1S/C15H20FNO/c1-3-17(10-12-4-5-12)11(2)15(18)13-6-8-14(16)9-7-13/h6-9,11-12H,3-5,10H2,1-2H3. The molecule has 0 amide bonds. The van der Waals surface area contributed by atoms with Gasteiger partial charge in [0.2, 0.25) is 0 Å². The van der Waals surface area contributed by atoms with Gasteiger partial charge in [-0.1, -0.05) is 6.92 Å². The fourth-order valence-electron chi connectivity index (χ4n) is 2.21. The summed E-state index contributed by atoms with van der Waals surface area (Å²) >= 11 is 0. The van der Waals surface area contributed by atoms with Crippen LogP contribution in [-0.4, -0.2) is 29.8 Å². The quantitative estimate of drug-likeness (QED) is 0.722. The third-order valence-corrected chi connectivity index (χ3v) is 3.65. The summed E-state index contributed by atoms with van der Waals surface area (Å²) in [7, 11) is 0. The molecule has 0 bridgehead atoms. The van der Waals surface area contributed by atoms with E-state index < -0.39 is 0 Å². The van der Waals surface area contributed by atoms with Gasteiger partial charge in [-0.2, -0.15) is 0 Å². The van der Waals surface area contributed by atoms with Crippen molar-refractivity contribution < 1.29 is 9.18 Å². The maximum absolute atomic E-state index is 12.8. The Morgan fingerprint density at radius 2 is 2.00 bits per heavy atom. The monoisotopic (exact) mass is 249 g/mol. The van der Waals surface area contributed by atoms with Gasteiger partial charge in [-0.15, -0.1) is 0 Å². The van der Waals surface area contributed by atoms with Crippen molar-refractivity contribution in [1.82, 2.24) is 4.90 Å². The number of rotatable bonds is 6. The molecule has 0 aliphatic heterocycles. The maximum atomic E-state index is 12.8. The van der Waals surface area contributed by atoms with Crippen molar-refractivity contribution in [2.45, 2.75) is 32.7 Å². The van der Waals surface area contributed by atoms with E-state index in [2.05, 4.69) is 11.8 Å². The Balaban J connectivity index is 2.03. The van der Waals surface area contributed by atoms with E-state index in [1.807, 2.05) is 6.92 Å². The van der Waals surface area contributed by atoms with Crippen LogP contribution in [-0.2, 0) is 0 Å². The van der Waals surface area contributed by atoms with Crippen LogP contribution < -0.4 is 0 Å². The minimum absolute atomic E-state index is 0.0810. The molecule has 0 spiro atoms. The zero-order valence-corrected chi connectivity index (χ0v) is 11.0. The molecule has 1 aliphatic rings. The van der Waals surface area contributed by atoms with Gasteiger partial charge in [0.25, 0.3) is 0 Å². The Morgan fingerprint density at radius 1 is 1.39 bits per heavy atom. The molecule has 1 aromatic carbocycles. The molecule has 0 aromatic heterocycles. The topological polar surface area (TPSA) is 20.3 Å². The van der Waals surface area contributed by atoms with E-state index in [9.17, 15) is 9.18 Å². The van der Waals surface area contributed by atoms with E-state index in [1.54, 1.807) is 12.1 Å². The van der Waals surface area contributed by atoms with Crippen LogP contribution in [0.3, 0.4) is 0 Å². The lowest BCUT2D eigenvalue weighted by atomic mass is 10.0. The molecule has 1 aromatic rings. The lowest BCUT2D eigenvalue weighted by Crippen LogP contribution is -2.40. The van der Waals surface area contributed by atoms with Crippen LogP contribution in [0.15, 0.2) is 24.3 Å². The van der Waals surface area contributed by atoms with Gasteiger partial charge in [0, 0.05) is 12.1 Å². The van der Waals surface area contributed by atoms with Crippen molar-refractivity contribution in [3.05, 3.63) is 35.6 Å². The number of hydrogen-bond acceptors (Lipinski definition) is 2. The molecule has 2 rings (SSSR count). The van der Waals surface area contributed by atoms with Crippen molar-refractivity contribution in [3.63, 3.8) is 0 Å². The largest absolute Gasteiger partial charge is 0.294 e. The Bertz CT molecular complexity index is 411. The molecule has 1 saturated carbocycles. The second-order valence-electron chi connectivity index (χ2n) is 5.08. The Morgan fingerprint density at radius 3 is 2.50 bits per heavy atom. The van der Waals surface area contributed by atoms with Crippen molar-refractivity contribution in [2.24, 2.45) is 5.92 Å². The number of hydrogen-bond donors (Lipinski definition) is 0. The summed E-state index contributed by atoms with van der Waals surface area (Å²) in [4.78, 5) is 14.5. The summed E-state index contributed by atoms with van der Waals surface area (Å²) in [6, 6.07) is 5.70. The molecule has 0 radical (unpaired) electrons. The highest BCUT2D eigenvalue weighted by Gasteiger charge is 2.28. The van der Waals surface area contributed by atoms with Crippen molar-refractivity contribution in [1.29, 1.82) is 0 Å². The summed E-state index contributed by atoms with van der Waals surface area (Å²) in [5, 5.41) is 0. The number of nitrogens with zero attached hydrogens (tertiary/aromatic N) is 1. The van der Waals surface area contributed by atoms with Gasteiger partial charge in [-0.25, -0.2) is 4.39 Å². The molecule has 2 nitrogen and oxygen atoms in total. The minimum atomic E-state index is -0.301. The van der Waals surface area contributed by atoms with Crippen molar-refractivity contribution in [3.8, 4) is 0 Å². The van der Waals surface area contributed by atoms with Crippen molar-refractivity contribution >= 4 is 5.78 Å². The van der Waals surface area contributed by atoms with Crippen LogP contribution in [0.1, 0.15) is 37.0 Å². The summed E-state index contributed by atoms with van der Waals surface area (Å²) < 4.78 is 12.8. The molecular formula is C15H20FNO. The predicted octanol–water partition coefficient (Wildman–Crippen LogP) is 3.13. The van der Waals surface area contributed by atoms with Crippen LogP contribution in [0.25, 0.3) is 0 Å². The number of halogens is 1. The fourth-order valence-corrected chi connectivity index (χ4v) is 2.21. The number of Topliss-reactive ketones (excluding diaryl/α,β-unsaturated/α-hetero) is 1. The normalized spacial score (nSPS) is 16.9. The van der Waals surface area contributed by atoms with Gasteiger partial charge in [-0.05, 0) is 56.5 Å². The molecule has 3 heteroatoms. The molecule has 1 fully saturated rings. The first kappa shape index (κ1) is 13.2.